The summed E-state index contributed by atoms with van der Waals surface area (Å²) < 4.78 is 10.7. The zero-order chi connectivity index (χ0) is 18.1. The van der Waals surface area contributed by atoms with Crippen molar-refractivity contribution >= 4 is 17.0 Å². The van der Waals surface area contributed by atoms with E-state index >= 15 is 0 Å². The average molecular weight is 354 g/mol. The summed E-state index contributed by atoms with van der Waals surface area (Å²) in [4.78, 5) is 22.8. The van der Waals surface area contributed by atoms with Crippen LogP contribution < -0.4 is 11.5 Å². The molecular formula is C17H18N6O3. The highest BCUT2D eigenvalue weighted by Crippen LogP contribution is 2.29. The second-order valence-corrected chi connectivity index (χ2v) is 5.96. The van der Waals surface area contributed by atoms with Crippen LogP contribution in [0.15, 0.2) is 34.9 Å². The van der Waals surface area contributed by atoms with Crippen LogP contribution in [0.4, 0.5) is 0 Å². The van der Waals surface area contributed by atoms with Crippen LogP contribution in [0, 0.1) is 0 Å². The second-order valence-electron chi connectivity index (χ2n) is 5.96. The standard InChI is InChI=1S/C17H18N6O3/c18-15(23-6-8-25-9-7-23)17-20-11(10-4-2-1-3-5-10)14-12(21-17)13(16(19)24)22-26-14/h1-5,15H,6-9,18H2,(H2,19,24). The Bertz CT molecular complexity index is 936. The van der Waals surface area contributed by atoms with Crippen LogP contribution in [0.5, 0.6) is 0 Å². The van der Waals surface area contributed by atoms with E-state index in [-0.39, 0.29) is 11.2 Å². The highest BCUT2D eigenvalue weighted by molar-refractivity contribution is 6.04. The van der Waals surface area contributed by atoms with Crippen molar-refractivity contribution in [3.05, 3.63) is 41.9 Å². The van der Waals surface area contributed by atoms with E-state index in [0.717, 1.165) is 5.56 Å². The predicted octanol–water partition coefficient (Wildman–Crippen LogP) is 0.673. The van der Waals surface area contributed by atoms with Gasteiger partial charge in [0.1, 0.15) is 17.4 Å². The first-order valence-corrected chi connectivity index (χ1v) is 8.25. The summed E-state index contributed by atoms with van der Waals surface area (Å²) in [6.07, 6.45) is -0.540. The molecule has 1 aliphatic rings. The van der Waals surface area contributed by atoms with E-state index in [1.807, 2.05) is 35.2 Å². The van der Waals surface area contributed by atoms with Crippen molar-refractivity contribution in [2.75, 3.05) is 26.3 Å². The summed E-state index contributed by atoms with van der Waals surface area (Å²) >= 11 is 0. The molecule has 9 nitrogen and oxygen atoms in total. The molecule has 2 aromatic heterocycles. The molecule has 0 radical (unpaired) electrons. The van der Waals surface area contributed by atoms with Gasteiger partial charge in [0.05, 0.1) is 13.2 Å². The van der Waals surface area contributed by atoms with E-state index < -0.39 is 12.1 Å². The third-order valence-corrected chi connectivity index (χ3v) is 4.32. The van der Waals surface area contributed by atoms with E-state index in [1.54, 1.807) is 0 Å². The Kier molecular flexibility index (Phi) is 4.33. The van der Waals surface area contributed by atoms with Gasteiger partial charge in [-0.15, -0.1) is 0 Å². The van der Waals surface area contributed by atoms with Gasteiger partial charge in [-0.25, -0.2) is 9.97 Å². The third kappa shape index (κ3) is 2.92. The summed E-state index contributed by atoms with van der Waals surface area (Å²) in [6, 6.07) is 9.44. The molecule has 1 amide bonds. The Morgan fingerprint density at radius 2 is 1.88 bits per heavy atom. The molecule has 0 spiro atoms. The zero-order valence-electron chi connectivity index (χ0n) is 14.0. The number of carbonyl (C=O) groups is 1. The lowest BCUT2D eigenvalue weighted by Crippen LogP contribution is -2.43. The van der Waals surface area contributed by atoms with E-state index in [2.05, 4.69) is 15.1 Å². The Labute approximate surface area is 148 Å². The largest absolute Gasteiger partial charge is 0.379 e. The lowest BCUT2D eigenvalue weighted by atomic mass is 10.1. The minimum absolute atomic E-state index is 0.0324. The summed E-state index contributed by atoms with van der Waals surface area (Å²) in [5.74, 6) is -0.337. The Balaban J connectivity index is 1.87. The second kappa shape index (κ2) is 6.79. The Morgan fingerprint density at radius 1 is 1.15 bits per heavy atom. The number of primary amides is 1. The third-order valence-electron chi connectivity index (χ3n) is 4.32. The summed E-state index contributed by atoms with van der Waals surface area (Å²) in [5.41, 5.74) is 13.7. The SMILES string of the molecule is NC(=O)c1noc2c(-c3ccccc3)nc(C(N)N3CCOCC3)nc12. The molecule has 0 saturated carbocycles. The highest BCUT2D eigenvalue weighted by Gasteiger charge is 2.26. The van der Waals surface area contributed by atoms with Crippen molar-refractivity contribution in [1.82, 2.24) is 20.0 Å². The number of ether oxygens (including phenoxy) is 1. The summed E-state index contributed by atoms with van der Waals surface area (Å²) in [7, 11) is 0. The van der Waals surface area contributed by atoms with Crippen LogP contribution in [0.3, 0.4) is 0 Å². The molecule has 1 atom stereocenters. The molecule has 3 aromatic rings. The van der Waals surface area contributed by atoms with Gasteiger partial charge in [-0.05, 0) is 0 Å². The molecule has 3 heterocycles. The monoisotopic (exact) mass is 354 g/mol. The molecule has 9 heteroatoms. The fourth-order valence-electron chi connectivity index (χ4n) is 2.95. The number of nitrogens with two attached hydrogens (primary N) is 2. The van der Waals surface area contributed by atoms with Crippen molar-refractivity contribution in [1.29, 1.82) is 0 Å². The van der Waals surface area contributed by atoms with Gasteiger partial charge >= 0.3 is 0 Å². The van der Waals surface area contributed by atoms with Gasteiger partial charge in [0.25, 0.3) is 5.91 Å². The molecule has 0 bridgehead atoms. The molecule has 1 aliphatic heterocycles. The first-order valence-electron chi connectivity index (χ1n) is 8.25. The van der Waals surface area contributed by atoms with Crippen LogP contribution >= 0.6 is 0 Å². The average Bonchev–Trinajstić information content (AvgIpc) is 3.12. The maximum atomic E-state index is 11.7. The van der Waals surface area contributed by atoms with E-state index in [1.165, 1.54) is 0 Å². The number of hydrogen-bond acceptors (Lipinski definition) is 8. The van der Waals surface area contributed by atoms with Gasteiger partial charge in [-0.3, -0.25) is 9.69 Å². The van der Waals surface area contributed by atoms with E-state index in [4.69, 9.17) is 20.7 Å². The summed E-state index contributed by atoms with van der Waals surface area (Å²) in [5, 5.41) is 3.77. The lowest BCUT2D eigenvalue weighted by Gasteiger charge is -2.31. The lowest BCUT2D eigenvalue weighted by molar-refractivity contribution is 0.0156. The van der Waals surface area contributed by atoms with Crippen LogP contribution in [-0.4, -0.2) is 52.2 Å². The van der Waals surface area contributed by atoms with Crippen LogP contribution in [-0.2, 0) is 4.74 Å². The number of fused-ring (bicyclic) bond motifs is 1. The number of amides is 1. The van der Waals surface area contributed by atoms with E-state index in [9.17, 15) is 4.79 Å². The van der Waals surface area contributed by atoms with Crippen molar-refractivity contribution < 1.29 is 14.1 Å². The summed E-state index contributed by atoms with van der Waals surface area (Å²) in [6.45, 7) is 2.55. The molecule has 4 rings (SSSR count). The van der Waals surface area contributed by atoms with Crippen LogP contribution in [0.1, 0.15) is 22.5 Å². The fourth-order valence-corrected chi connectivity index (χ4v) is 2.95. The van der Waals surface area contributed by atoms with Crippen LogP contribution in [0.25, 0.3) is 22.4 Å². The Hall–Kier alpha value is -2.88. The van der Waals surface area contributed by atoms with Gasteiger partial charge in [-0.2, -0.15) is 0 Å². The van der Waals surface area contributed by atoms with E-state index in [0.29, 0.717) is 43.4 Å². The molecule has 0 aliphatic carbocycles. The molecule has 134 valence electrons. The van der Waals surface area contributed by atoms with Crippen molar-refractivity contribution in [2.45, 2.75) is 6.17 Å². The van der Waals surface area contributed by atoms with Crippen molar-refractivity contribution in [3.63, 3.8) is 0 Å². The number of aromatic nitrogens is 3. The normalized spacial score (nSPS) is 16.7. The van der Waals surface area contributed by atoms with Gasteiger partial charge < -0.3 is 20.7 Å². The number of carbonyl (C=O) groups excluding carboxylic acids is 1. The molecule has 26 heavy (non-hydrogen) atoms. The van der Waals surface area contributed by atoms with Crippen LogP contribution in [0.2, 0.25) is 0 Å². The first kappa shape index (κ1) is 16.6. The minimum Gasteiger partial charge on any atom is -0.379 e. The number of benzene rings is 1. The molecule has 1 fully saturated rings. The molecule has 4 N–H and O–H groups in total. The molecular weight excluding hydrogens is 336 g/mol. The first-order chi connectivity index (χ1) is 12.6. The number of nitrogens with zero attached hydrogens (tertiary/aromatic N) is 4. The number of rotatable bonds is 4. The van der Waals surface area contributed by atoms with Gasteiger partial charge in [0, 0.05) is 18.7 Å². The van der Waals surface area contributed by atoms with Gasteiger partial charge in [-0.1, -0.05) is 35.5 Å². The van der Waals surface area contributed by atoms with Gasteiger partial charge in [0.2, 0.25) is 5.58 Å². The molecule has 1 aromatic carbocycles. The molecule has 1 unspecified atom stereocenters. The highest BCUT2D eigenvalue weighted by atomic mass is 16.5. The van der Waals surface area contributed by atoms with Gasteiger partial charge in [0.15, 0.2) is 11.5 Å². The maximum Gasteiger partial charge on any atom is 0.273 e. The van der Waals surface area contributed by atoms with Crippen molar-refractivity contribution in [2.24, 2.45) is 11.5 Å². The number of hydrogen-bond donors (Lipinski definition) is 2. The smallest absolute Gasteiger partial charge is 0.273 e. The number of morpholine rings is 1. The fraction of sp³-hybridized carbons (Fsp3) is 0.294. The van der Waals surface area contributed by atoms with Crippen molar-refractivity contribution in [3.8, 4) is 11.3 Å². The Morgan fingerprint density at radius 3 is 2.58 bits per heavy atom. The quantitative estimate of drug-likeness (QED) is 0.698. The predicted molar refractivity (Wildman–Crippen MR) is 92.9 cm³/mol. The topological polar surface area (TPSA) is 133 Å². The zero-order valence-corrected chi connectivity index (χ0v) is 14.0. The molecule has 1 saturated heterocycles. The maximum absolute atomic E-state index is 11.7. The minimum atomic E-state index is -0.715.